The Morgan fingerprint density at radius 1 is 1.38 bits per heavy atom. The van der Waals surface area contributed by atoms with Gasteiger partial charge in [-0.2, -0.15) is 4.31 Å². The molecule has 0 aliphatic rings. The van der Waals surface area contributed by atoms with Crippen LogP contribution >= 0.6 is 0 Å². The van der Waals surface area contributed by atoms with Crippen molar-refractivity contribution in [3.8, 4) is 0 Å². The number of alkyl carbamates (subject to hydrolysis) is 1. The number of primary amides is 1. The summed E-state index contributed by atoms with van der Waals surface area (Å²) in [5, 5.41) is 3.37. The lowest BCUT2D eigenvalue weighted by molar-refractivity contribution is -0.118. The number of nitrogens with zero attached hydrogens (tertiary/aromatic N) is 1. The second-order valence-corrected chi connectivity index (χ2v) is 7.46. The molecule has 0 spiro atoms. The third kappa shape index (κ3) is 9.03. The Morgan fingerprint density at radius 2 is 1.90 bits per heavy atom. The summed E-state index contributed by atoms with van der Waals surface area (Å²) >= 11 is 0. The minimum Gasteiger partial charge on any atom is -0.444 e. The van der Waals surface area contributed by atoms with Crippen LogP contribution in [-0.2, 0) is 19.6 Å². The predicted molar refractivity (Wildman–Crippen MR) is 78.7 cm³/mol. The number of amides is 2. The fourth-order valence-corrected chi connectivity index (χ4v) is 2.12. The average Bonchev–Trinajstić information content (AvgIpc) is 2.22. The Hall–Kier alpha value is -1.61. The number of sulfonamides is 1. The van der Waals surface area contributed by atoms with E-state index in [0.29, 0.717) is 0 Å². The van der Waals surface area contributed by atoms with Gasteiger partial charge in [0.1, 0.15) is 5.60 Å². The molecule has 0 fully saturated rings. The Balaban J connectivity index is 4.59. The van der Waals surface area contributed by atoms with Crippen molar-refractivity contribution in [1.29, 1.82) is 0 Å². The molecule has 0 aromatic rings. The second kappa shape index (κ2) is 7.41. The maximum Gasteiger partial charge on any atom is 0.408 e. The number of likely N-dealkylation sites (N-methyl/N-ethyl adjacent to an activating group) is 1. The summed E-state index contributed by atoms with van der Waals surface area (Å²) < 4.78 is 29.4. The number of hydrogen-bond acceptors (Lipinski definition) is 5. The monoisotopic (exact) mass is 321 g/mol. The van der Waals surface area contributed by atoms with E-state index in [0.717, 1.165) is 9.71 Å². The van der Waals surface area contributed by atoms with Gasteiger partial charge in [0.05, 0.1) is 6.54 Å². The summed E-state index contributed by atoms with van der Waals surface area (Å²) in [6.07, 6.45) is 0.624. The van der Waals surface area contributed by atoms with Crippen LogP contribution in [0.5, 0.6) is 0 Å². The largest absolute Gasteiger partial charge is 0.444 e. The number of hydrogen-bond donors (Lipinski definition) is 2. The van der Waals surface area contributed by atoms with Gasteiger partial charge in [0.25, 0.3) is 0 Å². The van der Waals surface area contributed by atoms with Gasteiger partial charge in [0.15, 0.2) is 0 Å². The van der Waals surface area contributed by atoms with Gasteiger partial charge in [-0.3, -0.25) is 4.79 Å². The number of nitrogens with two attached hydrogens (primary N) is 1. The van der Waals surface area contributed by atoms with Gasteiger partial charge < -0.3 is 15.8 Å². The molecule has 0 aliphatic carbocycles. The molecular formula is C12H23N3O5S. The van der Waals surface area contributed by atoms with Gasteiger partial charge in [-0.1, -0.05) is 0 Å². The lowest BCUT2D eigenvalue weighted by Gasteiger charge is -2.21. The maximum absolute atomic E-state index is 11.8. The number of nitrogens with one attached hydrogen (secondary N) is 1. The van der Waals surface area contributed by atoms with Crippen LogP contribution in [0.2, 0.25) is 0 Å². The molecule has 0 aromatic carbocycles. The molecule has 0 radical (unpaired) electrons. The van der Waals surface area contributed by atoms with E-state index in [9.17, 15) is 18.0 Å². The van der Waals surface area contributed by atoms with Crippen molar-refractivity contribution in [3.63, 3.8) is 0 Å². The molecule has 0 aromatic heterocycles. The Kier molecular flexibility index (Phi) is 6.84. The van der Waals surface area contributed by atoms with Crippen molar-refractivity contribution in [1.82, 2.24) is 9.62 Å². The minimum absolute atomic E-state index is 0.416. The van der Waals surface area contributed by atoms with Crippen molar-refractivity contribution < 1.29 is 22.7 Å². The highest BCUT2D eigenvalue weighted by Crippen LogP contribution is 2.07. The highest BCUT2D eigenvalue weighted by molar-refractivity contribution is 7.92. The van der Waals surface area contributed by atoms with Gasteiger partial charge in [-0.25, -0.2) is 13.2 Å². The first-order chi connectivity index (χ1) is 9.33. The van der Waals surface area contributed by atoms with Crippen molar-refractivity contribution in [2.75, 3.05) is 13.6 Å². The zero-order valence-electron chi connectivity index (χ0n) is 12.9. The number of ether oxygens (including phenoxy) is 1. The van der Waals surface area contributed by atoms with Crippen LogP contribution in [0.4, 0.5) is 4.79 Å². The van der Waals surface area contributed by atoms with E-state index in [2.05, 4.69) is 5.32 Å². The van der Waals surface area contributed by atoms with Crippen molar-refractivity contribution >= 4 is 22.0 Å². The first-order valence-electron chi connectivity index (χ1n) is 6.26. The molecule has 0 saturated carbocycles. The molecule has 0 aliphatic heterocycles. The quantitative estimate of drug-likeness (QED) is 0.722. The third-order valence-corrected chi connectivity index (χ3v) is 3.60. The topological polar surface area (TPSA) is 119 Å². The van der Waals surface area contributed by atoms with Crippen LogP contribution in [-0.4, -0.2) is 50.0 Å². The molecular weight excluding hydrogens is 298 g/mol. The van der Waals surface area contributed by atoms with Crippen LogP contribution in [0, 0.1) is 0 Å². The molecule has 122 valence electrons. The van der Waals surface area contributed by atoms with E-state index in [1.807, 2.05) is 0 Å². The number of rotatable bonds is 6. The van der Waals surface area contributed by atoms with E-state index >= 15 is 0 Å². The molecule has 3 N–H and O–H groups in total. The van der Waals surface area contributed by atoms with Crippen LogP contribution in [0.3, 0.4) is 0 Å². The first-order valence-corrected chi connectivity index (χ1v) is 7.76. The van der Waals surface area contributed by atoms with E-state index in [-0.39, 0.29) is 0 Å². The molecule has 0 rings (SSSR count). The zero-order chi connectivity index (χ0) is 16.8. The first kappa shape index (κ1) is 19.4. The molecule has 8 nitrogen and oxygen atoms in total. The Morgan fingerprint density at radius 3 is 2.33 bits per heavy atom. The summed E-state index contributed by atoms with van der Waals surface area (Å²) in [6, 6.07) is -0.559. The van der Waals surface area contributed by atoms with E-state index in [1.165, 1.54) is 13.1 Å². The SMILES string of the molecule is C[C@@H](/C=C/S(=O)(=O)N(C)CC(N)=O)NC(=O)OC(C)(C)C. The summed E-state index contributed by atoms with van der Waals surface area (Å²) in [5.74, 6) is -0.755. The van der Waals surface area contributed by atoms with Crippen molar-refractivity contribution in [2.45, 2.75) is 39.3 Å². The molecule has 0 bridgehead atoms. The molecule has 0 saturated heterocycles. The van der Waals surface area contributed by atoms with E-state index in [1.54, 1.807) is 27.7 Å². The standard InChI is InChI=1S/C12H23N3O5S/c1-9(14-11(17)20-12(2,3)4)6-7-21(18,19)15(5)8-10(13)16/h6-7,9H,8H2,1-5H3,(H2,13,16)(H,14,17)/b7-6+/t9-/m0/s1. The zero-order valence-corrected chi connectivity index (χ0v) is 13.7. The van der Waals surface area contributed by atoms with Crippen molar-refractivity contribution in [2.24, 2.45) is 5.73 Å². The normalized spacial score (nSPS) is 14.2. The van der Waals surface area contributed by atoms with Crippen LogP contribution in [0.1, 0.15) is 27.7 Å². The smallest absolute Gasteiger partial charge is 0.408 e. The lowest BCUT2D eigenvalue weighted by Crippen LogP contribution is -2.37. The van der Waals surface area contributed by atoms with E-state index < -0.39 is 40.2 Å². The lowest BCUT2D eigenvalue weighted by atomic mass is 10.2. The highest BCUT2D eigenvalue weighted by Gasteiger charge is 2.18. The summed E-state index contributed by atoms with van der Waals surface area (Å²) in [7, 11) is -2.53. The van der Waals surface area contributed by atoms with Crippen molar-refractivity contribution in [3.05, 3.63) is 11.5 Å². The predicted octanol–water partition coefficient (Wildman–Crippen LogP) is 0.160. The molecule has 0 unspecified atom stereocenters. The molecule has 0 heterocycles. The molecule has 21 heavy (non-hydrogen) atoms. The molecule has 1 atom stereocenters. The fourth-order valence-electron chi connectivity index (χ4n) is 1.17. The van der Waals surface area contributed by atoms with Crippen LogP contribution in [0.25, 0.3) is 0 Å². The molecule has 9 heteroatoms. The van der Waals surface area contributed by atoms with Gasteiger partial charge in [-0.15, -0.1) is 0 Å². The minimum atomic E-state index is -3.76. The Bertz CT molecular complexity index is 507. The second-order valence-electron chi connectivity index (χ2n) is 5.53. The highest BCUT2D eigenvalue weighted by atomic mass is 32.2. The summed E-state index contributed by atoms with van der Waals surface area (Å²) in [6.45, 7) is 6.33. The van der Waals surface area contributed by atoms with E-state index in [4.69, 9.17) is 10.5 Å². The summed E-state index contributed by atoms with van der Waals surface area (Å²) in [5.41, 5.74) is 4.29. The molecule has 2 amide bonds. The van der Waals surface area contributed by atoms with Gasteiger partial charge >= 0.3 is 6.09 Å². The number of carbonyl (C=O) groups is 2. The number of carbonyl (C=O) groups excluding carboxylic acids is 2. The summed E-state index contributed by atoms with van der Waals surface area (Å²) in [4.78, 5) is 22.2. The average molecular weight is 321 g/mol. The van der Waals surface area contributed by atoms with Gasteiger partial charge in [0, 0.05) is 18.5 Å². The van der Waals surface area contributed by atoms with Gasteiger partial charge in [0.2, 0.25) is 15.9 Å². The fraction of sp³-hybridized carbons (Fsp3) is 0.667. The Labute approximate surface area is 125 Å². The van der Waals surface area contributed by atoms with Crippen LogP contribution in [0.15, 0.2) is 11.5 Å². The third-order valence-electron chi connectivity index (χ3n) is 2.10. The maximum atomic E-state index is 11.8. The van der Waals surface area contributed by atoms with Crippen LogP contribution < -0.4 is 11.1 Å². The van der Waals surface area contributed by atoms with Gasteiger partial charge in [-0.05, 0) is 33.8 Å².